The summed E-state index contributed by atoms with van der Waals surface area (Å²) in [5.41, 5.74) is 2.00. The fraction of sp³-hybridized carbons (Fsp3) is 0.571. The maximum Gasteiger partial charge on any atom is 0.202 e. The Bertz CT molecular complexity index is 397. The molecule has 0 radical (unpaired) electrons. The molecule has 12 heavy (non-hydrogen) atoms. The molecule has 2 aromatic rings. The molecule has 0 N–H and O–H groups in total. The van der Waals surface area contributed by atoms with E-state index in [-0.39, 0.29) is 0 Å². The maximum absolute atomic E-state index is 4.15. The van der Waals surface area contributed by atoms with Gasteiger partial charge in [0.15, 0.2) is 0 Å². The molecule has 0 aromatic carbocycles. The SMILES string of the molecule is CC(C)c1cnn2c1nnn2C. The molecule has 0 atom stereocenters. The van der Waals surface area contributed by atoms with Crippen molar-refractivity contribution < 1.29 is 0 Å². The highest BCUT2D eigenvalue weighted by Gasteiger charge is 2.11. The monoisotopic (exact) mass is 165 g/mol. The molecule has 0 amide bonds. The summed E-state index contributed by atoms with van der Waals surface area (Å²) in [4.78, 5) is 1.61. The van der Waals surface area contributed by atoms with Crippen LogP contribution in [0.25, 0.3) is 5.65 Å². The molecule has 0 bridgehead atoms. The third-order valence-corrected chi connectivity index (χ3v) is 1.92. The standard InChI is InChI=1S/C7H11N5/c1-5(2)6-4-8-12-7(6)9-10-11(12)3/h4-5H,1-3H3. The molecule has 64 valence electrons. The maximum atomic E-state index is 4.15. The van der Waals surface area contributed by atoms with Crippen LogP contribution in [0.2, 0.25) is 0 Å². The van der Waals surface area contributed by atoms with Crippen LogP contribution in [0.4, 0.5) is 0 Å². The average Bonchev–Trinajstić information content (AvgIpc) is 2.53. The van der Waals surface area contributed by atoms with Crippen molar-refractivity contribution in [1.29, 1.82) is 0 Å². The van der Waals surface area contributed by atoms with E-state index in [1.54, 1.807) is 9.43 Å². The van der Waals surface area contributed by atoms with Crippen molar-refractivity contribution in [2.75, 3.05) is 0 Å². The second kappa shape index (κ2) is 2.30. The molecular weight excluding hydrogens is 154 g/mol. The molecule has 0 spiro atoms. The Balaban J connectivity index is 2.71. The van der Waals surface area contributed by atoms with Crippen molar-refractivity contribution in [3.63, 3.8) is 0 Å². The van der Waals surface area contributed by atoms with Crippen molar-refractivity contribution in [3.8, 4) is 0 Å². The minimum absolute atomic E-state index is 0.444. The molecule has 2 rings (SSSR count). The minimum atomic E-state index is 0.444. The van der Waals surface area contributed by atoms with Gasteiger partial charge in [-0.1, -0.05) is 13.8 Å². The number of hydrogen-bond donors (Lipinski definition) is 0. The summed E-state index contributed by atoms with van der Waals surface area (Å²) >= 11 is 0. The molecule has 0 unspecified atom stereocenters. The first-order valence-corrected chi connectivity index (χ1v) is 3.93. The van der Waals surface area contributed by atoms with Gasteiger partial charge in [-0.2, -0.15) is 9.90 Å². The summed E-state index contributed by atoms with van der Waals surface area (Å²) in [6, 6.07) is 0. The lowest BCUT2D eigenvalue weighted by molar-refractivity contribution is 0.544. The van der Waals surface area contributed by atoms with Crippen molar-refractivity contribution in [1.82, 2.24) is 24.8 Å². The number of aromatic nitrogens is 5. The molecule has 0 aliphatic heterocycles. The zero-order valence-corrected chi connectivity index (χ0v) is 7.39. The minimum Gasteiger partial charge on any atom is -0.167 e. The molecule has 5 nitrogen and oxygen atoms in total. The number of fused-ring (bicyclic) bond motifs is 1. The molecule has 0 saturated carbocycles. The number of aryl methyl sites for hydroxylation is 1. The van der Waals surface area contributed by atoms with Gasteiger partial charge in [-0.3, -0.25) is 0 Å². The predicted octanol–water partition coefficient (Wildman–Crippen LogP) is 0.586. The number of tetrazole rings is 1. The second-order valence-electron chi connectivity index (χ2n) is 3.15. The van der Waals surface area contributed by atoms with E-state index in [0.717, 1.165) is 11.2 Å². The fourth-order valence-corrected chi connectivity index (χ4v) is 1.21. The van der Waals surface area contributed by atoms with Gasteiger partial charge in [-0.15, -0.1) is 9.73 Å². The van der Waals surface area contributed by atoms with E-state index in [4.69, 9.17) is 0 Å². The van der Waals surface area contributed by atoms with Gasteiger partial charge >= 0.3 is 0 Å². The molecule has 2 aromatic heterocycles. The van der Waals surface area contributed by atoms with E-state index in [0.29, 0.717) is 5.92 Å². The largest absolute Gasteiger partial charge is 0.202 e. The van der Waals surface area contributed by atoms with Crippen LogP contribution in [0, 0.1) is 0 Å². The van der Waals surface area contributed by atoms with Gasteiger partial charge in [-0.05, 0) is 11.1 Å². The van der Waals surface area contributed by atoms with Crippen LogP contribution in [0.15, 0.2) is 6.20 Å². The lowest BCUT2D eigenvalue weighted by atomic mass is 10.1. The van der Waals surface area contributed by atoms with E-state index in [2.05, 4.69) is 29.3 Å². The van der Waals surface area contributed by atoms with E-state index < -0.39 is 0 Å². The van der Waals surface area contributed by atoms with Crippen LogP contribution < -0.4 is 0 Å². The zero-order valence-electron chi connectivity index (χ0n) is 7.39. The molecule has 0 aliphatic rings. The first kappa shape index (κ1) is 7.27. The molecule has 5 heteroatoms. The molecule has 0 fully saturated rings. The average molecular weight is 165 g/mol. The Hall–Kier alpha value is -1.39. The second-order valence-corrected chi connectivity index (χ2v) is 3.15. The molecule has 0 saturated heterocycles. The number of rotatable bonds is 1. The van der Waals surface area contributed by atoms with Crippen LogP contribution in [-0.2, 0) is 7.05 Å². The van der Waals surface area contributed by atoms with Crippen molar-refractivity contribution in [2.45, 2.75) is 19.8 Å². The van der Waals surface area contributed by atoms with Crippen molar-refractivity contribution in [3.05, 3.63) is 11.8 Å². The zero-order chi connectivity index (χ0) is 8.72. The summed E-state index contributed by atoms with van der Waals surface area (Å²) in [5.74, 6) is 0.444. The van der Waals surface area contributed by atoms with E-state index in [9.17, 15) is 0 Å². The van der Waals surface area contributed by atoms with Gasteiger partial charge in [0.2, 0.25) is 5.65 Å². The van der Waals surface area contributed by atoms with Crippen LogP contribution in [0.3, 0.4) is 0 Å². The quantitative estimate of drug-likeness (QED) is 0.621. The Labute approximate surface area is 70.0 Å². The van der Waals surface area contributed by atoms with E-state index in [1.807, 2.05) is 13.2 Å². The third kappa shape index (κ3) is 0.823. The van der Waals surface area contributed by atoms with Gasteiger partial charge in [0.1, 0.15) is 0 Å². The van der Waals surface area contributed by atoms with Gasteiger partial charge in [-0.25, -0.2) is 0 Å². The van der Waals surface area contributed by atoms with Crippen molar-refractivity contribution in [2.24, 2.45) is 7.05 Å². The molecular formula is C7H11N5. The van der Waals surface area contributed by atoms with Gasteiger partial charge in [0.05, 0.1) is 13.2 Å². The van der Waals surface area contributed by atoms with Crippen LogP contribution in [0.5, 0.6) is 0 Å². The highest BCUT2D eigenvalue weighted by molar-refractivity contribution is 5.45. The Morgan fingerprint density at radius 1 is 1.42 bits per heavy atom. The highest BCUT2D eigenvalue weighted by Crippen LogP contribution is 2.16. The van der Waals surface area contributed by atoms with E-state index >= 15 is 0 Å². The fourth-order valence-electron chi connectivity index (χ4n) is 1.21. The summed E-state index contributed by atoms with van der Waals surface area (Å²) in [6.45, 7) is 4.23. The summed E-state index contributed by atoms with van der Waals surface area (Å²) in [7, 11) is 1.82. The van der Waals surface area contributed by atoms with Gasteiger partial charge in [0.25, 0.3) is 0 Å². The smallest absolute Gasteiger partial charge is 0.167 e. The number of hydrogen-bond acceptors (Lipinski definition) is 3. The first-order chi connectivity index (χ1) is 5.70. The normalized spacial score (nSPS) is 11.7. The third-order valence-electron chi connectivity index (χ3n) is 1.92. The lowest BCUT2D eigenvalue weighted by Gasteiger charge is -1.95. The van der Waals surface area contributed by atoms with Crippen LogP contribution >= 0.6 is 0 Å². The van der Waals surface area contributed by atoms with Crippen LogP contribution in [-0.4, -0.2) is 24.8 Å². The van der Waals surface area contributed by atoms with Gasteiger partial charge in [0, 0.05) is 5.56 Å². The van der Waals surface area contributed by atoms with E-state index in [1.165, 1.54) is 0 Å². The molecule has 2 heterocycles. The van der Waals surface area contributed by atoms with Crippen molar-refractivity contribution >= 4 is 5.65 Å². The summed E-state index contributed by atoms with van der Waals surface area (Å²) in [5, 5.41) is 12.0. The molecule has 0 aliphatic carbocycles. The first-order valence-electron chi connectivity index (χ1n) is 3.93. The Kier molecular flexibility index (Phi) is 1.39. The number of nitrogens with zero attached hydrogens (tertiary/aromatic N) is 5. The predicted molar refractivity (Wildman–Crippen MR) is 43.8 cm³/mol. The summed E-state index contributed by atoms with van der Waals surface area (Å²) < 4.78 is 1.69. The lowest BCUT2D eigenvalue weighted by Crippen LogP contribution is -2.01. The van der Waals surface area contributed by atoms with Gasteiger partial charge < -0.3 is 0 Å². The Morgan fingerprint density at radius 3 is 2.83 bits per heavy atom. The highest BCUT2D eigenvalue weighted by atomic mass is 15.7. The topological polar surface area (TPSA) is 48.0 Å². The van der Waals surface area contributed by atoms with Crippen LogP contribution in [0.1, 0.15) is 25.3 Å². The summed E-state index contributed by atoms with van der Waals surface area (Å²) in [6.07, 6.45) is 1.84. The Morgan fingerprint density at radius 2 is 2.17 bits per heavy atom.